The van der Waals surface area contributed by atoms with Gasteiger partial charge in [-0.1, -0.05) is 28.1 Å². The zero-order valence-electron chi connectivity index (χ0n) is 8.31. The fourth-order valence-electron chi connectivity index (χ4n) is 1.18. The first-order valence-electron chi connectivity index (χ1n) is 4.36. The maximum Gasteiger partial charge on any atom is 0.243 e. The third kappa shape index (κ3) is 2.14. The average molecular weight is 302 g/mol. The van der Waals surface area contributed by atoms with Crippen LogP contribution in [0.1, 0.15) is 0 Å². The van der Waals surface area contributed by atoms with Crippen molar-refractivity contribution in [1.29, 1.82) is 0 Å². The standard InChI is InChI=1S/C9H8BrN3O2S/c1-16(14,15)9-11-8(12-13-9)6-4-2-3-5-7(6)10/h2-5H,1H3,(H,11,12,13). The van der Waals surface area contributed by atoms with Gasteiger partial charge in [-0.3, -0.25) is 0 Å². The summed E-state index contributed by atoms with van der Waals surface area (Å²) in [5.74, 6) is 0.355. The molecule has 2 aromatic rings. The van der Waals surface area contributed by atoms with Gasteiger partial charge in [-0.25, -0.2) is 13.5 Å². The van der Waals surface area contributed by atoms with Crippen LogP contribution >= 0.6 is 15.9 Å². The Kier molecular flexibility index (Phi) is 2.81. The van der Waals surface area contributed by atoms with E-state index in [2.05, 4.69) is 31.1 Å². The maximum absolute atomic E-state index is 11.2. The summed E-state index contributed by atoms with van der Waals surface area (Å²) in [6.45, 7) is 0. The molecule has 0 aliphatic rings. The van der Waals surface area contributed by atoms with E-state index < -0.39 is 9.84 Å². The average Bonchev–Trinajstić information content (AvgIpc) is 2.66. The van der Waals surface area contributed by atoms with Crippen molar-refractivity contribution < 1.29 is 8.42 Å². The summed E-state index contributed by atoms with van der Waals surface area (Å²) in [6, 6.07) is 7.33. The number of aromatic nitrogens is 3. The van der Waals surface area contributed by atoms with Crippen LogP contribution in [0.15, 0.2) is 33.9 Å². The predicted molar refractivity (Wildman–Crippen MR) is 62.6 cm³/mol. The number of aromatic amines is 1. The zero-order chi connectivity index (χ0) is 11.8. The summed E-state index contributed by atoms with van der Waals surface area (Å²) in [6.07, 6.45) is 1.08. The molecule has 0 aliphatic carbocycles. The number of hydrogen-bond donors (Lipinski definition) is 1. The summed E-state index contributed by atoms with van der Waals surface area (Å²) >= 11 is 3.35. The van der Waals surface area contributed by atoms with Gasteiger partial charge in [-0.15, -0.1) is 0 Å². The highest BCUT2D eigenvalue weighted by Gasteiger charge is 2.15. The highest BCUT2D eigenvalue weighted by Crippen LogP contribution is 2.25. The second-order valence-corrected chi connectivity index (χ2v) is 6.00. The lowest BCUT2D eigenvalue weighted by atomic mass is 10.2. The SMILES string of the molecule is CS(=O)(=O)c1nc(-c2ccccc2Br)n[nH]1. The van der Waals surface area contributed by atoms with Crippen molar-refractivity contribution in [3.05, 3.63) is 28.7 Å². The summed E-state index contributed by atoms with van der Waals surface area (Å²) in [5.41, 5.74) is 0.744. The predicted octanol–water partition coefficient (Wildman–Crippen LogP) is 1.64. The van der Waals surface area contributed by atoms with Crippen molar-refractivity contribution in [3.8, 4) is 11.4 Å². The minimum Gasteiger partial charge on any atom is -0.249 e. The van der Waals surface area contributed by atoms with Gasteiger partial charge in [0, 0.05) is 16.3 Å². The summed E-state index contributed by atoms with van der Waals surface area (Å²) in [5, 5.41) is 6.14. The molecular weight excluding hydrogens is 294 g/mol. The van der Waals surface area contributed by atoms with Crippen LogP contribution in [-0.2, 0) is 9.84 Å². The minimum absolute atomic E-state index is 0.127. The summed E-state index contributed by atoms with van der Waals surface area (Å²) in [7, 11) is -3.35. The number of hydrogen-bond acceptors (Lipinski definition) is 4. The molecule has 0 saturated heterocycles. The first kappa shape index (κ1) is 11.3. The molecule has 0 fully saturated rings. The Morgan fingerprint density at radius 2 is 2.00 bits per heavy atom. The zero-order valence-corrected chi connectivity index (χ0v) is 10.7. The van der Waals surface area contributed by atoms with Crippen LogP contribution in [0.4, 0.5) is 0 Å². The van der Waals surface area contributed by atoms with Gasteiger partial charge in [0.1, 0.15) is 0 Å². The molecular formula is C9H8BrN3O2S. The molecule has 0 bridgehead atoms. The molecule has 16 heavy (non-hydrogen) atoms. The minimum atomic E-state index is -3.35. The van der Waals surface area contributed by atoms with Gasteiger partial charge in [0.05, 0.1) is 0 Å². The van der Waals surface area contributed by atoms with E-state index in [1.807, 2.05) is 18.2 Å². The number of sulfone groups is 1. The Morgan fingerprint density at radius 3 is 2.56 bits per heavy atom. The highest BCUT2D eigenvalue weighted by atomic mass is 79.9. The van der Waals surface area contributed by atoms with E-state index in [1.54, 1.807) is 6.07 Å². The molecule has 1 aromatic heterocycles. The second-order valence-electron chi connectivity index (χ2n) is 3.22. The molecule has 1 N–H and O–H groups in total. The van der Waals surface area contributed by atoms with Crippen molar-refractivity contribution in [2.45, 2.75) is 5.16 Å². The molecule has 2 rings (SSSR count). The van der Waals surface area contributed by atoms with E-state index >= 15 is 0 Å². The van der Waals surface area contributed by atoms with E-state index in [-0.39, 0.29) is 5.16 Å². The smallest absolute Gasteiger partial charge is 0.243 e. The van der Waals surface area contributed by atoms with Gasteiger partial charge in [0.2, 0.25) is 15.0 Å². The summed E-state index contributed by atoms with van der Waals surface area (Å²) < 4.78 is 23.2. The monoisotopic (exact) mass is 301 g/mol. The van der Waals surface area contributed by atoms with E-state index in [0.29, 0.717) is 5.82 Å². The van der Waals surface area contributed by atoms with Gasteiger partial charge >= 0.3 is 0 Å². The van der Waals surface area contributed by atoms with Crippen molar-refractivity contribution in [2.75, 3.05) is 6.26 Å². The quantitative estimate of drug-likeness (QED) is 0.915. The van der Waals surface area contributed by atoms with Crippen LogP contribution in [-0.4, -0.2) is 29.9 Å². The Labute approximate surface area is 101 Å². The van der Waals surface area contributed by atoms with E-state index in [1.165, 1.54) is 0 Å². The van der Waals surface area contributed by atoms with E-state index in [9.17, 15) is 8.42 Å². The Hall–Kier alpha value is -1.21. The fraction of sp³-hybridized carbons (Fsp3) is 0.111. The highest BCUT2D eigenvalue weighted by molar-refractivity contribution is 9.10. The molecule has 0 spiro atoms. The molecule has 84 valence electrons. The molecule has 0 aliphatic heterocycles. The molecule has 0 saturated carbocycles. The van der Waals surface area contributed by atoms with Gasteiger partial charge in [0.15, 0.2) is 5.82 Å². The second kappa shape index (κ2) is 3.99. The van der Waals surface area contributed by atoms with Crippen LogP contribution in [0, 0.1) is 0 Å². The van der Waals surface area contributed by atoms with Gasteiger partial charge < -0.3 is 0 Å². The van der Waals surface area contributed by atoms with Gasteiger partial charge in [0.25, 0.3) is 0 Å². The van der Waals surface area contributed by atoms with Crippen LogP contribution in [0.3, 0.4) is 0 Å². The topological polar surface area (TPSA) is 75.7 Å². The van der Waals surface area contributed by atoms with Crippen LogP contribution < -0.4 is 0 Å². The lowest BCUT2D eigenvalue weighted by Crippen LogP contribution is -1.99. The van der Waals surface area contributed by atoms with Crippen LogP contribution in [0.2, 0.25) is 0 Å². The Balaban J connectivity index is 2.52. The Bertz CT molecular complexity index is 621. The van der Waals surface area contributed by atoms with Gasteiger partial charge in [-0.05, 0) is 12.1 Å². The largest absolute Gasteiger partial charge is 0.249 e. The third-order valence-electron chi connectivity index (χ3n) is 1.93. The molecule has 0 unspecified atom stereocenters. The number of rotatable bonds is 2. The van der Waals surface area contributed by atoms with Crippen LogP contribution in [0.25, 0.3) is 11.4 Å². The maximum atomic E-state index is 11.2. The van der Waals surface area contributed by atoms with Crippen molar-refractivity contribution in [2.24, 2.45) is 0 Å². The lowest BCUT2D eigenvalue weighted by Gasteiger charge is -1.97. The fourth-order valence-corrected chi connectivity index (χ4v) is 2.10. The van der Waals surface area contributed by atoms with E-state index in [4.69, 9.17) is 0 Å². The normalized spacial score (nSPS) is 11.6. The lowest BCUT2D eigenvalue weighted by molar-refractivity contribution is 0.594. The number of H-pyrrole nitrogens is 1. The molecule has 1 heterocycles. The molecule has 1 aromatic carbocycles. The number of benzene rings is 1. The summed E-state index contributed by atoms with van der Waals surface area (Å²) in [4.78, 5) is 3.93. The van der Waals surface area contributed by atoms with Crippen LogP contribution in [0.5, 0.6) is 0 Å². The number of nitrogens with one attached hydrogen (secondary N) is 1. The number of nitrogens with zero attached hydrogens (tertiary/aromatic N) is 2. The molecule has 0 amide bonds. The van der Waals surface area contributed by atoms with E-state index in [0.717, 1.165) is 16.3 Å². The molecule has 0 atom stereocenters. The third-order valence-corrected chi connectivity index (χ3v) is 3.51. The number of halogens is 1. The molecule has 7 heteroatoms. The van der Waals surface area contributed by atoms with Crippen molar-refractivity contribution >= 4 is 25.8 Å². The molecule has 0 radical (unpaired) electrons. The van der Waals surface area contributed by atoms with Gasteiger partial charge in [-0.2, -0.15) is 10.1 Å². The first-order chi connectivity index (χ1) is 7.48. The Morgan fingerprint density at radius 1 is 1.31 bits per heavy atom. The molecule has 5 nitrogen and oxygen atoms in total. The first-order valence-corrected chi connectivity index (χ1v) is 7.04. The van der Waals surface area contributed by atoms with Crippen molar-refractivity contribution in [1.82, 2.24) is 15.2 Å². The van der Waals surface area contributed by atoms with Crippen molar-refractivity contribution in [3.63, 3.8) is 0 Å².